The van der Waals surface area contributed by atoms with Crippen LogP contribution in [0.25, 0.3) is 0 Å². The molecule has 9 nitrogen and oxygen atoms in total. The summed E-state index contributed by atoms with van der Waals surface area (Å²) in [5.41, 5.74) is 3.95. The zero-order chi connectivity index (χ0) is 21.6. The highest BCUT2D eigenvalue weighted by atomic mass is 32.2. The van der Waals surface area contributed by atoms with Crippen molar-refractivity contribution >= 4 is 33.5 Å². The van der Waals surface area contributed by atoms with E-state index < -0.39 is 27.4 Å². The Morgan fingerprint density at radius 3 is 2.45 bits per heavy atom. The van der Waals surface area contributed by atoms with Gasteiger partial charge >= 0.3 is 0 Å². The molecule has 0 bridgehead atoms. The second kappa shape index (κ2) is 9.28. The molecule has 0 radical (unpaired) electrons. The van der Waals surface area contributed by atoms with Crippen LogP contribution < -0.4 is 9.73 Å². The summed E-state index contributed by atoms with van der Waals surface area (Å²) in [4.78, 5) is 22.4. The van der Waals surface area contributed by atoms with Crippen molar-refractivity contribution in [3.05, 3.63) is 69.8 Å². The van der Waals surface area contributed by atoms with Gasteiger partial charge in [-0.3, -0.25) is 19.2 Å². The summed E-state index contributed by atoms with van der Waals surface area (Å²) in [6.07, 6.45) is 2.36. The zero-order valence-corrected chi connectivity index (χ0v) is 17.1. The first-order valence-corrected chi connectivity index (χ1v) is 10.6. The summed E-state index contributed by atoms with van der Waals surface area (Å²) >= 11 is 0. The molecule has 29 heavy (non-hydrogen) atoms. The molecule has 0 saturated carbocycles. The monoisotopic (exact) mass is 418 g/mol. The highest BCUT2D eigenvalue weighted by Crippen LogP contribution is 2.22. The lowest BCUT2D eigenvalue weighted by Crippen LogP contribution is -2.39. The van der Waals surface area contributed by atoms with Crippen LogP contribution in [-0.4, -0.2) is 38.3 Å². The number of nitrogens with one attached hydrogen (secondary N) is 1. The van der Waals surface area contributed by atoms with E-state index in [9.17, 15) is 23.3 Å². The third kappa shape index (κ3) is 6.39. The third-order valence-electron chi connectivity index (χ3n) is 4.02. The molecule has 0 unspecified atom stereocenters. The van der Waals surface area contributed by atoms with E-state index >= 15 is 0 Å². The Balaban J connectivity index is 2.09. The number of non-ortho nitro benzene ring substituents is 1. The van der Waals surface area contributed by atoms with Gasteiger partial charge in [-0.1, -0.05) is 44.2 Å². The predicted molar refractivity (Wildman–Crippen MR) is 112 cm³/mol. The van der Waals surface area contributed by atoms with Gasteiger partial charge in [0.05, 0.1) is 23.1 Å². The smallest absolute Gasteiger partial charge is 0.271 e. The maximum atomic E-state index is 12.2. The molecule has 0 aliphatic carbocycles. The second-order valence-corrected chi connectivity index (χ2v) is 8.57. The molecule has 0 spiro atoms. The fourth-order valence-corrected chi connectivity index (χ4v) is 3.32. The van der Waals surface area contributed by atoms with Gasteiger partial charge in [0.1, 0.15) is 6.54 Å². The predicted octanol–water partition coefficient (Wildman–Crippen LogP) is 2.63. The largest absolute Gasteiger partial charge is 0.271 e. The minimum absolute atomic E-state index is 0.0186. The maximum Gasteiger partial charge on any atom is 0.271 e. The fraction of sp³-hybridized carbons (Fsp3) is 0.263. The Labute approximate surface area is 169 Å². The van der Waals surface area contributed by atoms with Gasteiger partial charge in [0, 0.05) is 12.1 Å². The van der Waals surface area contributed by atoms with Crippen molar-refractivity contribution in [3.63, 3.8) is 0 Å². The van der Waals surface area contributed by atoms with Gasteiger partial charge in [0.15, 0.2) is 0 Å². The van der Waals surface area contributed by atoms with E-state index in [1.165, 1.54) is 30.0 Å². The van der Waals surface area contributed by atoms with Crippen LogP contribution in [0.5, 0.6) is 0 Å². The Kier molecular flexibility index (Phi) is 7.05. The van der Waals surface area contributed by atoms with Crippen LogP contribution in [-0.2, 0) is 14.8 Å². The number of rotatable bonds is 8. The van der Waals surface area contributed by atoms with Gasteiger partial charge in [-0.05, 0) is 23.1 Å². The summed E-state index contributed by atoms with van der Waals surface area (Å²) in [5, 5.41) is 14.8. The summed E-state index contributed by atoms with van der Waals surface area (Å²) < 4.78 is 24.9. The number of nitrogens with zero attached hydrogens (tertiary/aromatic N) is 3. The summed E-state index contributed by atoms with van der Waals surface area (Å²) in [5.74, 6) is -0.284. The third-order valence-corrected chi connectivity index (χ3v) is 5.16. The molecule has 1 amide bonds. The lowest BCUT2D eigenvalue weighted by atomic mass is 10.0. The summed E-state index contributed by atoms with van der Waals surface area (Å²) in [6.45, 7) is 3.60. The van der Waals surface area contributed by atoms with E-state index in [0.29, 0.717) is 5.92 Å². The van der Waals surface area contributed by atoms with Crippen LogP contribution in [0, 0.1) is 10.1 Å². The average Bonchev–Trinajstić information content (AvgIpc) is 2.65. The maximum absolute atomic E-state index is 12.2. The summed E-state index contributed by atoms with van der Waals surface area (Å²) in [7, 11) is -3.85. The first-order valence-electron chi connectivity index (χ1n) is 8.72. The highest BCUT2D eigenvalue weighted by molar-refractivity contribution is 7.92. The summed E-state index contributed by atoms with van der Waals surface area (Å²) in [6, 6.07) is 12.7. The van der Waals surface area contributed by atoms with Crippen molar-refractivity contribution in [1.29, 1.82) is 0 Å². The molecule has 0 aromatic heterocycles. The number of hydrogen-bond acceptors (Lipinski definition) is 6. The first-order chi connectivity index (χ1) is 13.6. The van der Waals surface area contributed by atoms with Gasteiger partial charge in [-0.25, -0.2) is 13.8 Å². The zero-order valence-electron chi connectivity index (χ0n) is 16.3. The number of nitro groups is 1. The van der Waals surface area contributed by atoms with Gasteiger partial charge in [-0.2, -0.15) is 5.10 Å². The van der Waals surface area contributed by atoms with Crippen LogP contribution in [0.2, 0.25) is 0 Å². The van der Waals surface area contributed by atoms with Gasteiger partial charge in [0.25, 0.3) is 11.6 Å². The Hall–Kier alpha value is -3.27. The molecule has 1 N–H and O–H groups in total. The molecule has 0 aliphatic heterocycles. The van der Waals surface area contributed by atoms with E-state index in [0.717, 1.165) is 22.2 Å². The van der Waals surface area contributed by atoms with Crippen LogP contribution >= 0.6 is 0 Å². The number of carbonyl (C=O) groups is 1. The standard InChI is InChI=1S/C19H22N4O5S/c1-14(2)16-9-7-15(8-10-16)12-20-21-19(24)13-22(29(3,27)28)17-5-4-6-18(11-17)23(25)26/h4-12,14H,13H2,1-3H3,(H,21,24)/b20-12-. The van der Waals surface area contributed by atoms with Crippen molar-refractivity contribution in [3.8, 4) is 0 Å². The number of hydrogen-bond donors (Lipinski definition) is 1. The van der Waals surface area contributed by atoms with E-state index in [2.05, 4.69) is 24.4 Å². The van der Waals surface area contributed by atoms with E-state index in [-0.39, 0.29) is 11.4 Å². The minimum atomic E-state index is -3.85. The molecule has 2 rings (SSSR count). The number of nitro benzene ring substituents is 1. The van der Waals surface area contributed by atoms with E-state index in [4.69, 9.17) is 0 Å². The van der Waals surface area contributed by atoms with Crippen molar-refractivity contribution in [1.82, 2.24) is 5.43 Å². The number of anilines is 1. The normalized spacial score (nSPS) is 11.6. The van der Waals surface area contributed by atoms with Crippen LogP contribution in [0.4, 0.5) is 11.4 Å². The molecule has 0 heterocycles. The highest BCUT2D eigenvalue weighted by Gasteiger charge is 2.22. The number of benzene rings is 2. The van der Waals surface area contributed by atoms with Crippen LogP contribution in [0.15, 0.2) is 53.6 Å². The van der Waals surface area contributed by atoms with Crippen molar-refractivity contribution in [2.45, 2.75) is 19.8 Å². The second-order valence-electron chi connectivity index (χ2n) is 6.66. The number of hydrazone groups is 1. The molecule has 0 atom stereocenters. The molecule has 2 aromatic carbocycles. The van der Waals surface area contributed by atoms with E-state index in [1.807, 2.05) is 24.3 Å². The Morgan fingerprint density at radius 2 is 1.90 bits per heavy atom. The molecule has 0 saturated heterocycles. The fourth-order valence-electron chi connectivity index (χ4n) is 2.47. The first kappa shape index (κ1) is 22.0. The number of sulfonamides is 1. The van der Waals surface area contributed by atoms with Crippen molar-refractivity contribution in [2.75, 3.05) is 17.1 Å². The van der Waals surface area contributed by atoms with Crippen molar-refractivity contribution < 1.29 is 18.1 Å². The van der Waals surface area contributed by atoms with Gasteiger partial charge < -0.3 is 0 Å². The molecule has 0 fully saturated rings. The SMILES string of the molecule is CC(C)c1ccc(/C=N\NC(=O)CN(c2cccc([N+](=O)[O-])c2)S(C)(=O)=O)cc1. The Morgan fingerprint density at radius 1 is 1.24 bits per heavy atom. The quantitative estimate of drug-likeness (QED) is 0.401. The molecule has 2 aromatic rings. The Bertz CT molecular complexity index is 1020. The topological polar surface area (TPSA) is 122 Å². The van der Waals surface area contributed by atoms with Gasteiger partial charge in [0.2, 0.25) is 10.0 Å². The number of carbonyl (C=O) groups excluding carboxylic acids is 1. The van der Waals surface area contributed by atoms with Gasteiger partial charge in [-0.15, -0.1) is 0 Å². The van der Waals surface area contributed by atoms with Crippen molar-refractivity contribution in [2.24, 2.45) is 5.10 Å². The van der Waals surface area contributed by atoms with Crippen LogP contribution in [0.1, 0.15) is 30.9 Å². The molecule has 10 heteroatoms. The van der Waals surface area contributed by atoms with E-state index in [1.54, 1.807) is 0 Å². The lowest BCUT2D eigenvalue weighted by Gasteiger charge is -2.21. The van der Waals surface area contributed by atoms with Crippen LogP contribution in [0.3, 0.4) is 0 Å². The molecule has 0 aliphatic rings. The molecular weight excluding hydrogens is 396 g/mol. The average molecular weight is 418 g/mol. The molecule has 154 valence electrons. The minimum Gasteiger partial charge on any atom is -0.271 e. The molecular formula is C19H22N4O5S. The number of amides is 1. The lowest BCUT2D eigenvalue weighted by molar-refractivity contribution is -0.384.